The van der Waals surface area contributed by atoms with Gasteiger partial charge in [-0.05, 0) is 18.1 Å². The summed E-state index contributed by atoms with van der Waals surface area (Å²) in [4.78, 5) is 11.6. The lowest BCUT2D eigenvalue weighted by atomic mass is 9.97. The van der Waals surface area contributed by atoms with Crippen molar-refractivity contribution >= 4 is 5.97 Å². The number of aliphatic hydroxyl groups is 2. The summed E-state index contributed by atoms with van der Waals surface area (Å²) in [6, 6.07) is 7.10. The molecule has 0 radical (unpaired) electrons. The summed E-state index contributed by atoms with van der Waals surface area (Å²) < 4.78 is 4.72. The van der Waals surface area contributed by atoms with Gasteiger partial charge in [-0.25, -0.2) is 4.79 Å². The number of ether oxygens (including phenoxy) is 1. The molecule has 5 heteroatoms. The summed E-state index contributed by atoms with van der Waals surface area (Å²) >= 11 is 0. The van der Waals surface area contributed by atoms with Gasteiger partial charge in [0, 0.05) is 6.54 Å². The Morgan fingerprint density at radius 2 is 1.95 bits per heavy atom. The van der Waals surface area contributed by atoms with Crippen molar-refractivity contribution in [3.8, 4) is 0 Å². The monoisotopic (exact) mass is 267 g/mol. The predicted molar refractivity (Wildman–Crippen MR) is 71.8 cm³/mol. The van der Waals surface area contributed by atoms with Crippen LogP contribution >= 0.6 is 0 Å². The molecule has 0 heterocycles. The molecule has 0 fully saturated rings. The first kappa shape index (κ1) is 15.6. The minimum atomic E-state index is -0.733. The van der Waals surface area contributed by atoms with Crippen LogP contribution in [0.15, 0.2) is 24.3 Å². The highest BCUT2D eigenvalue weighted by atomic mass is 16.5. The molecule has 5 nitrogen and oxygen atoms in total. The summed E-state index contributed by atoms with van der Waals surface area (Å²) in [5.74, 6) is -0.396. The highest BCUT2D eigenvalue weighted by Crippen LogP contribution is 2.14. The maximum atomic E-state index is 11.6. The van der Waals surface area contributed by atoms with Gasteiger partial charge in [0.2, 0.25) is 0 Å². The number of methoxy groups -OCH3 is 1. The predicted octanol–water partition coefficient (Wildman–Crippen LogP) is 0.696. The van der Waals surface area contributed by atoms with E-state index in [1.54, 1.807) is 12.1 Å². The molecule has 1 aromatic rings. The van der Waals surface area contributed by atoms with Gasteiger partial charge in [0.15, 0.2) is 0 Å². The molecule has 1 aromatic carbocycles. The van der Waals surface area contributed by atoms with Gasteiger partial charge in [-0.2, -0.15) is 0 Å². The van der Waals surface area contributed by atoms with E-state index in [-0.39, 0.29) is 13.2 Å². The van der Waals surface area contributed by atoms with Crippen LogP contribution in [-0.4, -0.2) is 42.0 Å². The van der Waals surface area contributed by atoms with E-state index in [1.165, 1.54) is 7.11 Å². The summed E-state index contributed by atoms with van der Waals surface area (Å²) in [6.45, 7) is 1.92. The number of carbonyl (C=O) groups is 1. The second-order valence-electron chi connectivity index (χ2n) is 4.45. The maximum absolute atomic E-state index is 11.6. The van der Waals surface area contributed by atoms with E-state index in [1.807, 2.05) is 19.1 Å². The fourth-order valence-electron chi connectivity index (χ4n) is 1.78. The zero-order chi connectivity index (χ0) is 14.3. The van der Waals surface area contributed by atoms with Crippen LogP contribution in [0.2, 0.25) is 0 Å². The van der Waals surface area contributed by atoms with Crippen LogP contribution in [0.3, 0.4) is 0 Å². The van der Waals surface area contributed by atoms with E-state index >= 15 is 0 Å². The van der Waals surface area contributed by atoms with Crippen molar-refractivity contribution < 1.29 is 19.7 Å². The normalized spacial score (nSPS) is 11.4. The molecule has 0 aliphatic heterocycles. The summed E-state index contributed by atoms with van der Waals surface area (Å²) in [7, 11) is 1.34. The van der Waals surface area contributed by atoms with E-state index < -0.39 is 11.5 Å². The molecule has 0 saturated heterocycles. The number of hydrogen-bond acceptors (Lipinski definition) is 5. The Balaban J connectivity index is 2.85. The van der Waals surface area contributed by atoms with Crippen molar-refractivity contribution in [2.45, 2.75) is 25.4 Å². The lowest BCUT2D eigenvalue weighted by molar-refractivity contribution is 0.0598. The van der Waals surface area contributed by atoms with Gasteiger partial charge in [-0.3, -0.25) is 0 Å². The highest BCUT2D eigenvalue weighted by molar-refractivity contribution is 5.90. The molecule has 19 heavy (non-hydrogen) atoms. The van der Waals surface area contributed by atoms with Gasteiger partial charge in [-0.15, -0.1) is 0 Å². The van der Waals surface area contributed by atoms with E-state index in [0.29, 0.717) is 18.5 Å². The molecular formula is C14H21NO4. The molecular weight excluding hydrogens is 246 g/mol. The number of benzene rings is 1. The Bertz CT molecular complexity index is 407. The molecule has 0 saturated carbocycles. The molecule has 0 aromatic heterocycles. The number of hydrogen-bond donors (Lipinski definition) is 3. The molecule has 1 rings (SSSR count). The number of rotatable bonds is 7. The third kappa shape index (κ3) is 3.76. The zero-order valence-corrected chi connectivity index (χ0v) is 11.3. The van der Waals surface area contributed by atoms with Crippen molar-refractivity contribution in [1.82, 2.24) is 5.32 Å². The van der Waals surface area contributed by atoms with E-state index in [2.05, 4.69) is 5.32 Å². The van der Waals surface area contributed by atoms with Gasteiger partial charge < -0.3 is 20.3 Å². The molecule has 106 valence electrons. The van der Waals surface area contributed by atoms with Crippen molar-refractivity contribution in [3.05, 3.63) is 35.4 Å². The lowest BCUT2D eigenvalue weighted by Gasteiger charge is -2.30. The van der Waals surface area contributed by atoms with E-state index in [0.717, 1.165) is 5.56 Å². The van der Waals surface area contributed by atoms with E-state index in [4.69, 9.17) is 4.74 Å². The Morgan fingerprint density at radius 1 is 1.32 bits per heavy atom. The van der Waals surface area contributed by atoms with E-state index in [9.17, 15) is 15.0 Å². The second-order valence-corrected chi connectivity index (χ2v) is 4.45. The fourth-order valence-corrected chi connectivity index (χ4v) is 1.78. The molecule has 0 aliphatic rings. The lowest BCUT2D eigenvalue weighted by Crippen LogP contribution is -2.50. The number of nitrogens with one attached hydrogen (secondary N) is 1. The summed E-state index contributed by atoms with van der Waals surface area (Å²) in [6.07, 6.45) is 0.584. The van der Waals surface area contributed by atoms with Crippen molar-refractivity contribution in [1.29, 1.82) is 0 Å². The van der Waals surface area contributed by atoms with Crippen molar-refractivity contribution in [2.24, 2.45) is 0 Å². The van der Waals surface area contributed by atoms with Crippen LogP contribution in [0, 0.1) is 0 Å². The maximum Gasteiger partial charge on any atom is 0.338 e. The SMILES string of the molecule is CCC(CO)(CO)NCc1ccccc1C(=O)OC. The van der Waals surface area contributed by atoms with Gasteiger partial charge in [0.25, 0.3) is 0 Å². The largest absolute Gasteiger partial charge is 0.465 e. The van der Waals surface area contributed by atoms with Crippen LogP contribution in [0.1, 0.15) is 29.3 Å². The second kappa shape index (κ2) is 7.23. The number of carbonyl (C=O) groups excluding carboxylic acids is 1. The quantitative estimate of drug-likeness (QED) is 0.634. The highest BCUT2D eigenvalue weighted by Gasteiger charge is 2.26. The number of esters is 1. The van der Waals surface area contributed by atoms with Crippen LogP contribution in [-0.2, 0) is 11.3 Å². The van der Waals surface area contributed by atoms with Crippen LogP contribution in [0.4, 0.5) is 0 Å². The van der Waals surface area contributed by atoms with Crippen LogP contribution < -0.4 is 5.32 Å². The number of aliphatic hydroxyl groups excluding tert-OH is 2. The van der Waals surface area contributed by atoms with Crippen molar-refractivity contribution in [3.63, 3.8) is 0 Å². The Labute approximate surface area is 113 Å². The minimum absolute atomic E-state index is 0.166. The van der Waals surface area contributed by atoms with Crippen LogP contribution in [0.25, 0.3) is 0 Å². The third-order valence-electron chi connectivity index (χ3n) is 3.36. The zero-order valence-electron chi connectivity index (χ0n) is 11.3. The average Bonchev–Trinajstić information content (AvgIpc) is 2.49. The van der Waals surface area contributed by atoms with Gasteiger partial charge in [0.05, 0.1) is 31.4 Å². The first-order valence-corrected chi connectivity index (χ1v) is 6.25. The Hall–Kier alpha value is -1.43. The molecule has 0 bridgehead atoms. The molecule has 3 N–H and O–H groups in total. The molecule has 0 unspecified atom stereocenters. The molecule has 0 aliphatic carbocycles. The first-order chi connectivity index (χ1) is 9.12. The smallest absolute Gasteiger partial charge is 0.338 e. The fraction of sp³-hybridized carbons (Fsp3) is 0.500. The molecule has 0 amide bonds. The summed E-state index contributed by atoms with van der Waals surface area (Å²) in [5, 5.41) is 21.8. The topological polar surface area (TPSA) is 78.8 Å². The average molecular weight is 267 g/mol. The standard InChI is InChI=1S/C14H21NO4/c1-3-14(9-16,10-17)15-8-11-6-4-5-7-12(11)13(18)19-2/h4-7,15-17H,3,8-10H2,1-2H3. The minimum Gasteiger partial charge on any atom is -0.465 e. The molecule has 0 atom stereocenters. The third-order valence-corrected chi connectivity index (χ3v) is 3.36. The van der Waals surface area contributed by atoms with Gasteiger partial charge >= 0.3 is 5.97 Å². The van der Waals surface area contributed by atoms with Gasteiger partial charge in [-0.1, -0.05) is 25.1 Å². The summed E-state index contributed by atoms with van der Waals surface area (Å²) in [5.41, 5.74) is 0.524. The Morgan fingerprint density at radius 3 is 2.47 bits per heavy atom. The van der Waals surface area contributed by atoms with Gasteiger partial charge in [0.1, 0.15) is 0 Å². The Kier molecular flexibility index (Phi) is 5.95. The molecule has 0 spiro atoms. The first-order valence-electron chi connectivity index (χ1n) is 6.25. The van der Waals surface area contributed by atoms with Crippen molar-refractivity contribution in [2.75, 3.05) is 20.3 Å². The van der Waals surface area contributed by atoms with Crippen LogP contribution in [0.5, 0.6) is 0 Å².